The Hall–Kier alpha value is -1.51. The number of hydrogen-bond acceptors (Lipinski definition) is 5. The lowest BCUT2D eigenvalue weighted by Gasteiger charge is -2.27. The lowest BCUT2D eigenvalue weighted by molar-refractivity contribution is -0.387. The van der Waals surface area contributed by atoms with Crippen LogP contribution in [0.25, 0.3) is 0 Å². The Morgan fingerprint density at radius 3 is 2.71 bits per heavy atom. The third-order valence-electron chi connectivity index (χ3n) is 4.17. The Bertz CT molecular complexity index is 649. The van der Waals surface area contributed by atoms with Crippen molar-refractivity contribution < 1.29 is 13.3 Å². The second kappa shape index (κ2) is 5.36. The van der Waals surface area contributed by atoms with E-state index < -0.39 is 14.9 Å². The maximum Gasteiger partial charge on any atom is 0.289 e. The zero-order valence-corrected chi connectivity index (χ0v) is 12.2. The Kier molecular flexibility index (Phi) is 3.68. The van der Waals surface area contributed by atoms with Crippen molar-refractivity contribution in [3.05, 3.63) is 34.4 Å². The molecule has 0 spiro atoms. The van der Waals surface area contributed by atoms with Crippen molar-refractivity contribution in [3.63, 3.8) is 0 Å². The highest BCUT2D eigenvalue weighted by Gasteiger charge is 2.36. The molecule has 8 heteroatoms. The first kappa shape index (κ1) is 14.4. The summed E-state index contributed by atoms with van der Waals surface area (Å²) in [6.45, 7) is 0.925. The van der Waals surface area contributed by atoms with Crippen LogP contribution in [0.2, 0.25) is 0 Å². The highest BCUT2D eigenvalue weighted by atomic mass is 32.2. The molecule has 3 rings (SSSR count). The van der Waals surface area contributed by atoms with Gasteiger partial charge in [-0.15, -0.1) is 0 Å². The molecule has 21 heavy (non-hydrogen) atoms. The number of nitro benzene ring substituents is 1. The fraction of sp³-hybridized carbons (Fsp3) is 0.538. The maximum absolute atomic E-state index is 12.4. The van der Waals surface area contributed by atoms with Crippen LogP contribution >= 0.6 is 0 Å². The van der Waals surface area contributed by atoms with Gasteiger partial charge < -0.3 is 5.32 Å². The van der Waals surface area contributed by atoms with Crippen molar-refractivity contribution in [2.24, 2.45) is 5.92 Å². The third kappa shape index (κ3) is 2.92. The Balaban J connectivity index is 1.83. The first-order valence-corrected chi connectivity index (χ1v) is 8.43. The summed E-state index contributed by atoms with van der Waals surface area (Å²) in [5, 5.41) is 14.3. The molecule has 2 bridgehead atoms. The number of sulfonamides is 1. The van der Waals surface area contributed by atoms with Gasteiger partial charge in [-0.25, -0.2) is 13.1 Å². The minimum absolute atomic E-state index is 0.159. The first-order valence-electron chi connectivity index (χ1n) is 6.95. The smallest absolute Gasteiger partial charge is 0.289 e. The molecule has 1 saturated heterocycles. The first-order chi connectivity index (χ1) is 9.95. The number of para-hydroxylation sites is 1. The summed E-state index contributed by atoms with van der Waals surface area (Å²) >= 11 is 0. The molecule has 1 aromatic carbocycles. The van der Waals surface area contributed by atoms with Crippen molar-refractivity contribution in [2.45, 2.75) is 36.2 Å². The minimum Gasteiger partial charge on any atom is -0.314 e. The van der Waals surface area contributed by atoms with Crippen LogP contribution in [0.3, 0.4) is 0 Å². The summed E-state index contributed by atoms with van der Waals surface area (Å²) in [7, 11) is -3.87. The molecule has 1 aliphatic heterocycles. The molecule has 0 aromatic heterocycles. The van der Waals surface area contributed by atoms with E-state index in [9.17, 15) is 18.5 Å². The number of fused-ring (bicyclic) bond motifs is 2. The number of hydrogen-bond donors (Lipinski definition) is 2. The van der Waals surface area contributed by atoms with Gasteiger partial charge in [0.05, 0.1) is 4.92 Å². The fourth-order valence-corrected chi connectivity index (χ4v) is 4.75. The third-order valence-corrected chi connectivity index (χ3v) is 5.74. The molecule has 0 radical (unpaired) electrons. The molecule has 1 heterocycles. The van der Waals surface area contributed by atoms with Crippen molar-refractivity contribution in [2.75, 3.05) is 6.54 Å². The second-order valence-electron chi connectivity index (χ2n) is 5.72. The van der Waals surface area contributed by atoms with Gasteiger partial charge in [0.2, 0.25) is 10.0 Å². The Labute approximate surface area is 122 Å². The molecule has 1 aliphatic carbocycles. The topological polar surface area (TPSA) is 101 Å². The number of nitrogens with one attached hydrogen (secondary N) is 2. The molecule has 1 aromatic rings. The standard InChI is InChI=1S/C13H17N3O4S/c17-16(18)12-3-1-2-4-13(12)21(19,20)15-11-6-9-5-10(7-11)14-8-9/h1-4,9-11,14-15H,5-8H2. The fourth-order valence-electron chi connectivity index (χ4n) is 3.32. The molecule has 3 atom stereocenters. The van der Waals surface area contributed by atoms with Crippen LogP contribution in [0.1, 0.15) is 19.3 Å². The molecule has 0 amide bonds. The van der Waals surface area contributed by atoms with Crippen molar-refractivity contribution in [1.82, 2.24) is 10.0 Å². The van der Waals surface area contributed by atoms with E-state index in [-0.39, 0.29) is 16.6 Å². The average Bonchev–Trinajstić information content (AvgIpc) is 2.77. The summed E-state index contributed by atoms with van der Waals surface area (Å²) < 4.78 is 27.5. The van der Waals surface area contributed by atoms with Crippen molar-refractivity contribution in [1.29, 1.82) is 0 Å². The van der Waals surface area contributed by atoms with Crippen LogP contribution in [0.5, 0.6) is 0 Å². The van der Waals surface area contributed by atoms with Gasteiger partial charge in [-0.05, 0) is 37.8 Å². The van der Waals surface area contributed by atoms with Crippen molar-refractivity contribution in [3.8, 4) is 0 Å². The van der Waals surface area contributed by atoms with Crippen LogP contribution in [0.15, 0.2) is 29.2 Å². The number of benzene rings is 1. The van der Waals surface area contributed by atoms with Crippen molar-refractivity contribution >= 4 is 15.7 Å². The van der Waals surface area contributed by atoms with Gasteiger partial charge in [0.1, 0.15) is 0 Å². The van der Waals surface area contributed by atoms with E-state index in [2.05, 4.69) is 10.0 Å². The van der Waals surface area contributed by atoms with Gasteiger partial charge in [0.25, 0.3) is 5.69 Å². The highest BCUT2D eigenvalue weighted by molar-refractivity contribution is 7.89. The molecule has 7 nitrogen and oxygen atoms in total. The molecule has 1 saturated carbocycles. The molecule has 3 unspecified atom stereocenters. The summed E-state index contributed by atoms with van der Waals surface area (Å²) in [6, 6.07) is 5.63. The predicted octanol–water partition coefficient (Wildman–Crippen LogP) is 1.01. The molecule has 2 aliphatic rings. The van der Waals surface area contributed by atoms with Gasteiger partial charge in [-0.3, -0.25) is 10.1 Å². The maximum atomic E-state index is 12.4. The monoisotopic (exact) mass is 311 g/mol. The van der Waals surface area contributed by atoms with E-state index in [1.807, 2.05) is 0 Å². The Morgan fingerprint density at radius 2 is 2.00 bits per heavy atom. The Morgan fingerprint density at radius 1 is 1.24 bits per heavy atom. The van der Waals surface area contributed by atoms with E-state index in [0.29, 0.717) is 12.0 Å². The lowest BCUT2D eigenvalue weighted by Crippen LogP contribution is -2.41. The molecular weight excluding hydrogens is 294 g/mol. The highest BCUT2D eigenvalue weighted by Crippen LogP contribution is 2.31. The number of nitro groups is 1. The van der Waals surface area contributed by atoms with Crippen LogP contribution in [0.4, 0.5) is 5.69 Å². The zero-order valence-electron chi connectivity index (χ0n) is 11.4. The normalized spacial score (nSPS) is 28.5. The second-order valence-corrected chi connectivity index (χ2v) is 7.40. The largest absolute Gasteiger partial charge is 0.314 e. The summed E-state index contributed by atoms with van der Waals surface area (Å²) in [4.78, 5) is 10.0. The van der Waals surface area contributed by atoms with Gasteiger partial charge in [-0.2, -0.15) is 0 Å². The average molecular weight is 311 g/mol. The zero-order chi connectivity index (χ0) is 15.0. The van der Waals surface area contributed by atoms with Gasteiger partial charge in [-0.1, -0.05) is 12.1 Å². The lowest BCUT2D eigenvalue weighted by atomic mass is 9.87. The van der Waals surface area contributed by atoms with Crippen LogP contribution < -0.4 is 10.0 Å². The summed E-state index contributed by atoms with van der Waals surface area (Å²) in [5.74, 6) is 0.488. The van der Waals surface area contributed by atoms with Gasteiger partial charge in [0, 0.05) is 18.2 Å². The minimum atomic E-state index is -3.87. The molecule has 2 fully saturated rings. The quantitative estimate of drug-likeness (QED) is 0.638. The van der Waals surface area contributed by atoms with Crippen LogP contribution in [-0.2, 0) is 10.0 Å². The van der Waals surface area contributed by atoms with Gasteiger partial charge >= 0.3 is 0 Å². The molecular formula is C13H17N3O4S. The predicted molar refractivity (Wildman–Crippen MR) is 76.3 cm³/mol. The number of rotatable bonds is 4. The summed E-state index contributed by atoms with van der Waals surface area (Å²) in [6.07, 6.45) is 2.60. The summed E-state index contributed by atoms with van der Waals surface area (Å²) in [5.41, 5.74) is -0.387. The van der Waals surface area contributed by atoms with E-state index in [1.165, 1.54) is 24.3 Å². The van der Waals surface area contributed by atoms with Gasteiger partial charge in [0.15, 0.2) is 4.90 Å². The SMILES string of the molecule is O=[N+]([O-])c1ccccc1S(=O)(=O)NC1CC2CNC(C2)C1. The van der Waals surface area contributed by atoms with E-state index in [4.69, 9.17) is 0 Å². The number of nitrogens with zero attached hydrogens (tertiary/aromatic N) is 1. The van der Waals surface area contributed by atoms with E-state index in [0.717, 1.165) is 25.8 Å². The van der Waals surface area contributed by atoms with E-state index in [1.54, 1.807) is 0 Å². The molecule has 2 N–H and O–H groups in total. The van der Waals surface area contributed by atoms with Crippen LogP contribution in [-0.4, -0.2) is 32.0 Å². The van der Waals surface area contributed by atoms with E-state index >= 15 is 0 Å². The molecule has 114 valence electrons. The van der Waals surface area contributed by atoms with Crippen LogP contribution in [0, 0.1) is 16.0 Å².